The summed E-state index contributed by atoms with van der Waals surface area (Å²) >= 11 is 0. The van der Waals surface area contributed by atoms with Crippen LogP contribution in [-0.2, 0) is 0 Å². The normalized spacial score (nSPS) is 14.7. The molecule has 3 rings (SSSR count). The molecule has 1 aliphatic rings. The molecule has 136 valence electrons. The van der Waals surface area contributed by atoms with Crippen molar-refractivity contribution in [3.05, 3.63) is 41.7 Å². The number of rotatable bonds is 5. The highest BCUT2D eigenvalue weighted by Crippen LogP contribution is 2.22. The standard InChI is InChI=1S/C19H23N5O2/c1-21-18-16(17(20)25)24-15(11-22-18)12-6-5-7-13(10-12)19(26)23-14-8-3-2-4-9-14/h5-7,10-11,14H,2-4,8-9H2,1H3,(H2,20,25)(H,21,22)(H,23,26). The molecule has 0 radical (unpaired) electrons. The molecule has 4 N–H and O–H groups in total. The maximum absolute atomic E-state index is 12.5. The number of carbonyl (C=O) groups excluding carboxylic acids is 2. The van der Waals surface area contributed by atoms with Crippen LogP contribution in [0.3, 0.4) is 0 Å². The van der Waals surface area contributed by atoms with Crippen LogP contribution >= 0.6 is 0 Å². The third kappa shape index (κ3) is 3.99. The Kier molecular flexibility index (Phi) is 5.46. The van der Waals surface area contributed by atoms with E-state index in [1.807, 2.05) is 6.07 Å². The lowest BCUT2D eigenvalue weighted by Gasteiger charge is -2.22. The summed E-state index contributed by atoms with van der Waals surface area (Å²) in [5.74, 6) is -0.420. The van der Waals surface area contributed by atoms with Crippen LogP contribution in [0.1, 0.15) is 53.0 Å². The smallest absolute Gasteiger partial charge is 0.271 e. The van der Waals surface area contributed by atoms with Crippen LogP contribution in [0.15, 0.2) is 30.5 Å². The van der Waals surface area contributed by atoms with Gasteiger partial charge in [-0.05, 0) is 25.0 Å². The molecule has 0 unspecified atom stereocenters. The van der Waals surface area contributed by atoms with Crippen LogP contribution in [0.2, 0.25) is 0 Å². The lowest BCUT2D eigenvalue weighted by atomic mass is 9.95. The fourth-order valence-corrected chi connectivity index (χ4v) is 3.22. The van der Waals surface area contributed by atoms with Crippen LogP contribution < -0.4 is 16.4 Å². The largest absolute Gasteiger partial charge is 0.371 e. The molecule has 2 aromatic rings. The van der Waals surface area contributed by atoms with Gasteiger partial charge in [0.1, 0.15) is 0 Å². The van der Waals surface area contributed by atoms with E-state index in [0.29, 0.717) is 22.6 Å². The van der Waals surface area contributed by atoms with Gasteiger partial charge < -0.3 is 16.4 Å². The average molecular weight is 353 g/mol. The molecule has 7 heteroatoms. The van der Waals surface area contributed by atoms with Gasteiger partial charge in [0.05, 0.1) is 11.9 Å². The van der Waals surface area contributed by atoms with Gasteiger partial charge in [-0.3, -0.25) is 9.59 Å². The summed E-state index contributed by atoms with van der Waals surface area (Å²) in [5.41, 5.74) is 7.21. The number of benzene rings is 1. The van der Waals surface area contributed by atoms with Gasteiger partial charge >= 0.3 is 0 Å². The minimum absolute atomic E-state index is 0.0714. The third-order valence-electron chi connectivity index (χ3n) is 4.60. The zero-order valence-electron chi connectivity index (χ0n) is 14.8. The van der Waals surface area contributed by atoms with Crippen molar-refractivity contribution in [2.45, 2.75) is 38.1 Å². The van der Waals surface area contributed by atoms with Gasteiger partial charge in [0.2, 0.25) is 0 Å². The van der Waals surface area contributed by atoms with E-state index in [4.69, 9.17) is 5.73 Å². The Morgan fingerprint density at radius 3 is 2.65 bits per heavy atom. The number of nitrogens with zero attached hydrogens (tertiary/aromatic N) is 2. The lowest BCUT2D eigenvalue weighted by molar-refractivity contribution is 0.0926. The van der Waals surface area contributed by atoms with E-state index in [9.17, 15) is 9.59 Å². The quantitative estimate of drug-likeness (QED) is 0.764. The maximum Gasteiger partial charge on any atom is 0.271 e. The third-order valence-corrected chi connectivity index (χ3v) is 4.60. The predicted octanol–water partition coefficient (Wildman–Crippen LogP) is 2.35. The van der Waals surface area contributed by atoms with Crippen LogP contribution in [-0.4, -0.2) is 34.9 Å². The summed E-state index contributed by atoms with van der Waals surface area (Å²) in [7, 11) is 1.65. The molecular weight excluding hydrogens is 330 g/mol. The number of nitrogens with two attached hydrogens (primary N) is 1. The Morgan fingerprint density at radius 1 is 1.19 bits per heavy atom. The fourth-order valence-electron chi connectivity index (χ4n) is 3.22. The first kappa shape index (κ1) is 17.8. The number of carbonyl (C=O) groups is 2. The maximum atomic E-state index is 12.5. The molecule has 1 aliphatic carbocycles. The van der Waals surface area contributed by atoms with E-state index in [2.05, 4.69) is 20.6 Å². The van der Waals surface area contributed by atoms with Crippen molar-refractivity contribution >= 4 is 17.6 Å². The van der Waals surface area contributed by atoms with Gasteiger partial charge in [0.15, 0.2) is 11.5 Å². The number of primary amides is 1. The van der Waals surface area contributed by atoms with Crippen LogP contribution in [0, 0.1) is 0 Å². The molecule has 1 saturated carbocycles. The van der Waals surface area contributed by atoms with Gasteiger partial charge in [-0.15, -0.1) is 0 Å². The first-order chi connectivity index (χ1) is 12.6. The zero-order valence-corrected chi connectivity index (χ0v) is 14.8. The molecule has 1 fully saturated rings. The molecule has 0 aliphatic heterocycles. The zero-order chi connectivity index (χ0) is 18.5. The summed E-state index contributed by atoms with van der Waals surface area (Å²) in [5, 5.41) is 5.89. The summed E-state index contributed by atoms with van der Waals surface area (Å²) in [6.07, 6.45) is 7.18. The summed E-state index contributed by atoms with van der Waals surface area (Å²) in [6, 6.07) is 7.39. The topological polar surface area (TPSA) is 110 Å². The molecule has 1 heterocycles. The van der Waals surface area contributed by atoms with Crippen molar-refractivity contribution in [1.82, 2.24) is 15.3 Å². The Balaban J connectivity index is 1.83. The van der Waals surface area contributed by atoms with Crippen molar-refractivity contribution in [2.75, 3.05) is 12.4 Å². The minimum Gasteiger partial charge on any atom is -0.371 e. The highest BCUT2D eigenvalue weighted by Gasteiger charge is 2.18. The first-order valence-electron chi connectivity index (χ1n) is 8.84. The predicted molar refractivity (Wildman–Crippen MR) is 99.9 cm³/mol. The summed E-state index contributed by atoms with van der Waals surface area (Å²) in [6.45, 7) is 0. The number of anilines is 1. The van der Waals surface area contributed by atoms with E-state index >= 15 is 0 Å². The molecule has 0 bridgehead atoms. The monoisotopic (exact) mass is 353 g/mol. The Morgan fingerprint density at radius 2 is 1.96 bits per heavy atom. The van der Waals surface area contributed by atoms with Gasteiger partial charge in [-0.2, -0.15) is 0 Å². The fraction of sp³-hybridized carbons (Fsp3) is 0.368. The Bertz CT molecular complexity index is 815. The van der Waals surface area contributed by atoms with E-state index in [1.54, 1.807) is 31.4 Å². The number of amides is 2. The van der Waals surface area contributed by atoms with Crippen LogP contribution in [0.5, 0.6) is 0 Å². The number of nitrogens with one attached hydrogen (secondary N) is 2. The number of hydrogen-bond donors (Lipinski definition) is 3. The Hall–Kier alpha value is -2.96. The van der Waals surface area contributed by atoms with E-state index in [1.165, 1.54) is 6.42 Å². The van der Waals surface area contributed by atoms with E-state index in [-0.39, 0.29) is 17.6 Å². The van der Waals surface area contributed by atoms with Gasteiger partial charge in [0, 0.05) is 24.2 Å². The SMILES string of the molecule is CNc1ncc(-c2cccc(C(=O)NC3CCCCC3)c2)nc1C(N)=O. The minimum atomic E-state index is -0.658. The number of aromatic nitrogens is 2. The van der Waals surface area contributed by atoms with E-state index < -0.39 is 5.91 Å². The highest BCUT2D eigenvalue weighted by atomic mass is 16.2. The summed E-state index contributed by atoms with van der Waals surface area (Å²) in [4.78, 5) is 32.6. The molecule has 0 spiro atoms. The average Bonchev–Trinajstić information content (AvgIpc) is 2.68. The van der Waals surface area contributed by atoms with Crippen molar-refractivity contribution in [3.8, 4) is 11.3 Å². The van der Waals surface area contributed by atoms with Gasteiger partial charge in [0.25, 0.3) is 11.8 Å². The number of hydrogen-bond acceptors (Lipinski definition) is 5. The summed E-state index contributed by atoms with van der Waals surface area (Å²) < 4.78 is 0. The molecule has 26 heavy (non-hydrogen) atoms. The van der Waals surface area contributed by atoms with Gasteiger partial charge in [-0.1, -0.05) is 31.4 Å². The molecule has 0 saturated heterocycles. The Labute approximate surface area is 152 Å². The molecule has 1 aromatic heterocycles. The molecular formula is C19H23N5O2. The lowest BCUT2D eigenvalue weighted by Crippen LogP contribution is -2.36. The second-order valence-electron chi connectivity index (χ2n) is 6.46. The van der Waals surface area contributed by atoms with E-state index in [0.717, 1.165) is 25.7 Å². The van der Waals surface area contributed by atoms with Crippen molar-refractivity contribution in [3.63, 3.8) is 0 Å². The second kappa shape index (κ2) is 7.95. The molecule has 1 aromatic carbocycles. The van der Waals surface area contributed by atoms with Crippen LogP contribution in [0.4, 0.5) is 5.82 Å². The first-order valence-corrected chi connectivity index (χ1v) is 8.84. The van der Waals surface area contributed by atoms with Crippen LogP contribution in [0.25, 0.3) is 11.3 Å². The molecule has 7 nitrogen and oxygen atoms in total. The highest BCUT2D eigenvalue weighted by molar-refractivity contribution is 5.97. The molecule has 0 atom stereocenters. The second-order valence-corrected chi connectivity index (χ2v) is 6.46. The molecule has 2 amide bonds. The van der Waals surface area contributed by atoms with Crippen molar-refractivity contribution < 1.29 is 9.59 Å². The van der Waals surface area contributed by atoms with Gasteiger partial charge in [-0.25, -0.2) is 9.97 Å². The van der Waals surface area contributed by atoms with Crippen molar-refractivity contribution in [1.29, 1.82) is 0 Å². The van der Waals surface area contributed by atoms with Crippen molar-refractivity contribution in [2.24, 2.45) is 5.73 Å².